The van der Waals surface area contributed by atoms with Crippen molar-refractivity contribution in [2.75, 3.05) is 5.32 Å². The predicted octanol–water partition coefficient (Wildman–Crippen LogP) is 3.49. The number of nitrogens with one attached hydrogen (secondary N) is 1. The number of hydrogen-bond acceptors (Lipinski definition) is 5. The molecule has 5 rings (SSSR count). The number of aryl methyl sites for hydroxylation is 3. The van der Waals surface area contributed by atoms with Gasteiger partial charge in [0, 0.05) is 10.6 Å². The van der Waals surface area contributed by atoms with Crippen LogP contribution in [0.15, 0.2) is 29.3 Å². The van der Waals surface area contributed by atoms with Crippen LogP contribution in [0.5, 0.6) is 0 Å². The van der Waals surface area contributed by atoms with Crippen molar-refractivity contribution in [2.45, 2.75) is 46.6 Å². The van der Waals surface area contributed by atoms with Gasteiger partial charge in [0.2, 0.25) is 5.91 Å². The molecule has 30 heavy (non-hydrogen) atoms. The summed E-state index contributed by atoms with van der Waals surface area (Å²) >= 11 is 1.70. The number of amides is 1. The molecule has 3 heterocycles. The third-order valence-corrected chi connectivity index (χ3v) is 7.12. The van der Waals surface area contributed by atoms with E-state index in [-0.39, 0.29) is 18.1 Å². The Morgan fingerprint density at radius 3 is 2.93 bits per heavy atom. The maximum Gasteiger partial charge on any atom is 0.352 e. The maximum absolute atomic E-state index is 12.8. The molecule has 0 fully saturated rings. The van der Waals surface area contributed by atoms with Crippen molar-refractivity contribution in [3.8, 4) is 0 Å². The molecule has 154 valence electrons. The van der Waals surface area contributed by atoms with Crippen molar-refractivity contribution in [2.24, 2.45) is 5.92 Å². The summed E-state index contributed by atoms with van der Waals surface area (Å²) in [6, 6.07) is 5.75. The van der Waals surface area contributed by atoms with Crippen LogP contribution in [0.1, 0.15) is 34.9 Å². The van der Waals surface area contributed by atoms with Crippen LogP contribution in [0.3, 0.4) is 0 Å². The summed E-state index contributed by atoms with van der Waals surface area (Å²) in [7, 11) is 0. The van der Waals surface area contributed by atoms with Gasteiger partial charge in [-0.3, -0.25) is 4.79 Å². The molecule has 8 heteroatoms. The van der Waals surface area contributed by atoms with Crippen LogP contribution in [-0.2, 0) is 24.2 Å². The second-order valence-corrected chi connectivity index (χ2v) is 9.34. The molecule has 0 unspecified atom stereocenters. The minimum Gasteiger partial charge on any atom is -0.324 e. The average Bonchev–Trinajstić information content (AvgIpc) is 3.22. The molecular formula is C22H23N5O2S. The normalized spacial score (nSPS) is 16.2. The molecule has 0 aliphatic heterocycles. The first kappa shape index (κ1) is 19.0. The summed E-state index contributed by atoms with van der Waals surface area (Å²) in [6.45, 7) is 6.15. The van der Waals surface area contributed by atoms with Crippen LogP contribution >= 0.6 is 11.3 Å². The quantitative estimate of drug-likeness (QED) is 0.549. The summed E-state index contributed by atoms with van der Waals surface area (Å²) in [5, 5.41) is 8.35. The van der Waals surface area contributed by atoms with Gasteiger partial charge < -0.3 is 5.32 Å². The lowest BCUT2D eigenvalue weighted by molar-refractivity contribution is -0.117. The summed E-state index contributed by atoms with van der Waals surface area (Å²) in [4.78, 5) is 32.2. The molecule has 1 amide bonds. The second kappa shape index (κ2) is 7.05. The monoisotopic (exact) mass is 421 g/mol. The molecular weight excluding hydrogens is 398 g/mol. The molecule has 0 spiro atoms. The van der Waals surface area contributed by atoms with E-state index in [2.05, 4.69) is 22.3 Å². The number of fused-ring (bicyclic) bond motifs is 5. The van der Waals surface area contributed by atoms with Crippen molar-refractivity contribution in [3.05, 3.63) is 56.6 Å². The number of anilines is 1. The molecule has 0 saturated heterocycles. The number of carbonyl (C=O) groups is 1. The van der Waals surface area contributed by atoms with E-state index in [9.17, 15) is 9.59 Å². The van der Waals surface area contributed by atoms with E-state index in [4.69, 9.17) is 0 Å². The Morgan fingerprint density at radius 2 is 2.13 bits per heavy atom. The smallest absolute Gasteiger partial charge is 0.324 e. The number of carbonyl (C=O) groups excluding carboxylic acids is 1. The van der Waals surface area contributed by atoms with Crippen molar-refractivity contribution in [3.63, 3.8) is 0 Å². The maximum atomic E-state index is 12.8. The Kier molecular flexibility index (Phi) is 4.47. The van der Waals surface area contributed by atoms with Crippen LogP contribution < -0.4 is 11.0 Å². The van der Waals surface area contributed by atoms with E-state index in [0.29, 0.717) is 17.3 Å². The van der Waals surface area contributed by atoms with Gasteiger partial charge in [0.1, 0.15) is 17.7 Å². The van der Waals surface area contributed by atoms with Gasteiger partial charge in [-0.1, -0.05) is 13.0 Å². The number of aromatic nitrogens is 4. The lowest BCUT2D eigenvalue weighted by Gasteiger charge is -2.17. The van der Waals surface area contributed by atoms with E-state index >= 15 is 0 Å². The minimum atomic E-state index is -0.348. The zero-order chi connectivity index (χ0) is 21.0. The Hall–Kier alpha value is -3.00. The largest absolute Gasteiger partial charge is 0.352 e. The van der Waals surface area contributed by atoms with Crippen LogP contribution in [0, 0.1) is 19.8 Å². The summed E-state index contributed by atoms with van der Waals surface area (Å²) in [5.41, 5.74) is 4.49. The summed E-state index contributed by atoms with van der Waals surface area (Å²) < 4.78 is 2.68. The molecule has 4 aromatic rings. The van der Waals surface area contributed by atoms with Crippen LogP contribution in [0.4, 0.5) is 5.69 Å². The molecule has 0 saturated carbocycles. The molecule has 1 aromatic carbocycles. The highest BCUT2D eigenvalue weighted by molar-refractivity contribution is 7.19. The van der Waals surface area contributed by atoms with Crippen molar-refractivity contribution < 1.29 is 4.79 Å². The number of nitrogens with zero attached hydrogens (tertiary/aromatic N) is 4. The molecule has 7 nitrogen and oxygen atoms in total. The average molecular weight is 422 g/mol. The summed E-state index contributed by atoms with van der Waals surface area (Å²) in [6.07, 6.45) is 4.68. The number of rotatable bonds is 3. The first-order chi connectivity index (χ1) is 14.4. The highest BCUT2D eigenvalue weighted by Gasteiger charge is 2.24. The Morgan fingerprint density at radius 1 is 1.30 bits per heavy atom. The first-order valence-corrected chi connectivity index (χ1v) is 11.0. The van der Waals surface area contributed by atoms with Crippen LogP contribution in [-0.4, -0.2) is 25.1 Å². The van der Waals surface area contributed by atoms with Crippen LogP contribution in [0.2, 0.25) is 0 Å². The van der Waals surface area contributed by atoms with Gasteiger partial charge in [-0.05, 0) is 67.9 Å². The lowest BCUT2D eigenvalue weighted by Crippen LogP contribution is -2.28. The van der Waals surface area contributed by atoms with Gasteiger partial charge in [0.25, 0.3) is 0 Å². The fourth-order valence-electron chi connectivity index (χ4n) is 4.12. The highest BCUT2D eigenvalue weighted by Crippen LogP contribution is 2.38. The molecule has 1 N–H and O–H groups in total. The first-order valence-electron chi connectivity index (χ1n) is 10.2. The highest BCUT2D eigenvalue weighted by atomic mass is 32.1. The molecule has 1 aliphatic carbocycles. The minimum absolute atomic E-state index is 0.141. The van der Waals surface area contributed by atoms with E-state index in [1.54, 1.807) is 11.3 Å². The van der Waals surface area contributed by atoms with Gasteiger partial charge in [-0.15, -0.1) is 16.4 Å². The van der Waals surface area contributed by atoms with Crippen molar-refractivity contribution in [1.29, 1.82) is 0 Å². The Bertz CT molecular complexity index is 1360. The van der Waals surface area contributed by atoms with Gasteiger partial charge in [0.15, 0.2) is 5.65 Å². The SMILES string of the molecule is Cc1ccc(NC(=O)Cn2nc3c4c5c(sc4ncn3c2=O)C[C@@H](C)CC5)cc1C. The fraction of sp³-hybridized carbons (Fsp3) is 0.364. The topological polar surface area (TPSA) is 81.3 Å². The third kappa shape index (κ3) is 3.11. The van der Waals surface area contributed by atoms with Gasteiger partial charge in [0.05, 0.1) is 5.39 Å². The summed E-state index contributed by atoms with van der Waals surface area (Å²) in [5.74, 6) is 0.379. The number of thiophene rings is 1. The fourth-order valence-corrected chi connectivity index (χ4v) is 5.47. The lowest BCUT2D eigenvalue weighted by atomic mass is 9.89. The van der Waals surface area contributed by atoms with Crippen molar-refractivity contribution in [1.82, 2.24) is 19.2 Å². The number of benzene rings is 1. The molecule has 3 aromatic heterocycles. The van der Waals surface area contributed by atoms with Gasteiger partial charge >= 0.3 is 5.69 Å². The zero-order valence-corrected chi connectivity index (χ0v) is 18.0. The Balaban J connectivity index is 1.50. The van der Waals surface area contributed by atoms with E-state index in [0.717, 1.165) is 40.6 Å². The van der Waals surface area contributed by atoms with Crippen molar-refractivity contribution >= 4 is 38.8 Å². The van der Waals surface area contributed by atoms with Gasteiger partial charge in [-0.25, -0.2) is 18.9 Å². The zero-order valence-electron chi connectivity index (χ0n) is 17.2. The molecule has 0 bridgehead atoms. The van der Waals surface area contributed by atoms with E-state index in [1.807, 2.05) is 32.0 Å². The van der Waals surface area contributed by atoms with E-state index in [1.165, 1.54) is 25.9 Å². The standard InChI is InChI=1S/C22H23N5O2S/c1-12-4-7-16-17(8-12)30-21-19(16)20-25-27(22(29)26(20)11-23-21)10-18(28)24-15-6-5-13(2)14(3)9-15/h5-6,9,11-12H,4,7-8,10H2,1-3H3,(H,24,28)/t12-/m0/s1. The van der Waals surface area contributed by atoms with E-state index < -0.39 is 0 Å². The van der Waals surface area contributed by atoms with Gasteiger partial charge in [-0.2, -0.15) is 0 Å². The molecule has 0 radical (unpaired) electrons. The molecule has 1 atom stereocenters. The van der Waals surface area contributed by atoms with Crippen LogP contribution in [0.25, 0.3) is 15.9 Å². The number of hydrogen-bond donors (Lipinski definition) is 1. The predicted molar refractivity (Wildman–Crippen MR) is 118 cm³/mol. The Labute approximate surface area is 177 Å². The second-order valence-electron chi connectivity index (χ2n) is 8.26. The third-order valence-electron chi connectivity index (χ3n) is 5.96. The molecule has 1 aliphatic rings.